The zero-order valence-electron chi connectivity index (χ0n) is 11.5. The number of carbonyl (C=O) groups excluding carboxylic acids is 1. The summed E-state index contributed by atoms with van der Waals surface area (Å²) in [6, 6.07) is 4.19. The lowest BCUT2D eigenvalue weighted by Gasteiger charge is -2.13. The third-order valence-electron chi connectivity index (χ3n) is 2.95. The molecule has 110 valence electrons. The summed E-state index contributed by atoms with van der Waals surface area (Å²) in [5.74, 6) is -0.130. The Hall–Kier alpha value is -2.15. The van der Waals surface area contributed by atoms with E-state index in [0.29, 0.717) is 24.2 Å². The first-order chi connectivity index (χ1) is 9.49. The third-order valence-corrected chi connectivity index (χ3v) is 2.95. The second kappa shape index (κ2) is 7.44. The van der Waals surface area contributed by atoms with E-state index in [4.69, 9.17) is 5.11 Å². The molecule has 0 aliphatic carbocycles. The second-order valence-corrected chi connectivity index (χ2v) is 4.57. The van der Waals surface area contributed by atoms with Crippen molar-refractivity contribution in [2.75, 3.05) is 25.5 Å². The minimum Gasteiger partial charge on any atom is -0.396 e. The fraction of sp³-hybridized carbons (Fsp3) is 0.462. The van der Waals surface area contributed by atoms with Gasteiger partial charge in [-0.2, -0.15) is 0 Å². The van der Waals surface area contributed by atoms with Gasteiger partial charge in [0, 0.05) is 31.8 Å². The number of hydrogen-bond donors (Lipinski definition) is 3. The van der Waals surface area contributed by atoms with Crippen molar-refractivity contribution >= 4 is 17.3 Å². The van der Waals surface area contributed by atoms with Gasteiger partial charge in [0.2, 0.25) is 0 Å². The number of amides is 1. The molecular weight excluding hydrogens is 262 g/mol. The number of hydrogen-bond acceptors (Lipinski definition) is 5. The number of carbonyl (C=O) groups is 1. The molecule has 1 amide bonds. The van der Waals surface area contributed by atoms with Gasteiger partial charge in [0.1, 0.15) is 5.69 Å². The second-order valence-electron chi connectivity index (χ2n) is 4.57. The van der Waals surface area contributed by atoms with Gasteiger partial charge in [-0.15, -0.1) is 0 Å². The molecule has 0 heterocycles. The van der Waals surface area contributed by atoms with Crippen LogP contribution < -0.4 is 10.6 Å². The number of nitrogens with one attached hydrogen (secondary N) is 2. The van der Waals surface area contributed by atoms with Crippen LogP contribution in [0.4, 0.5) is 11.4 Å². The largest absolute Gasteiger partial charge is 0.396 e. The van der Waals surface area contributed by atoms with Gasteiger partial charge in [0.15, 0.2) is 0 Å². The molecule has 1 atom stereocenters. The van der Waals surface area contributed by atoms with Crippen LogP contribution in [0.2, 0.25) is 0 Å². The van der Waals surface area contributed by atoms with E-state index in [-0.39, 0.29) is 24.1 Å². The van der Waals surface area contributed by atoms with Crippen LogP contribution in [-0.4, -0.2) is 36.1 Å². The summed E-state index contributed by atoms with van der Waals surface area (Å²) in [6.45, 7) is 2.49. The summed E-state index contributed by atoms with van der Waals surface area (Å²) >= 11 is 0. The quantitative estimate of drug-likeness (QED) is 0.517. The number of anilines is 1. The highest BCUT2D eigenvalue weighted by Crippen LogP contribution is 2.25. The van der Waals surface area contributed by atoms with Crippen LogP contribution in [0.5, 0.6) is 0 Å². The average Bonchev–Trinajstić information content (AvgIpc) is 2.44. The van der Waals surface area contributed by atoms with Crippen LogP contribution in [0.3, 0.4) is 0 Å². The lowest BCUT2D eigenvalue weighted by molar-refractivity contribution is -0.384. The van der Waals surface area contributed by atoms with E-state index in [2.05, 4.69) is 10.6 Å². The van der Waals surface area contributed by atoms with Gasteiger partial charge >= 0.3 is 0 Å². The first-order valence-corrected chi connectivity index (χ1v) is 6.34. The van der Waals surface area contributed by atoms with E-state index in [9.17, 15) is 14.9 Å². The number of aliphatic hydroxyl groups is 1. The van der Waals surface area contributed by atoms with Crippen molar-refractivity contribution < 1.29 is 14.8 Å². The molecule has 1 unspecified atom stereocenters. The Morgan fingerprint density at radius 1 is 1.50 bits per heavy atom. The topological polar surface area (TPSA) is 104 Å². The zero-order chi connectivity index (χ0) is 15.1. The van der Waals surface area contributed by atoms with E-state index >= 15 is 0 Å². The lowest BCUT2D eigenvalue weighted by Crippen LogP contribution is -2.19. The van der Waals surface area contributed by atoms with Crippen LogP contribution in [0.25, 0.3) is 0 Å². The molecule has 7 heteroatoms. The number of nitro groups is 1. The molecule has 0 aliphatic rings. The summed E-state index contributed by atoms with van der Waals surface area (Å²) < 4.78 is 0. The van der Waals surface area contributed by atoms with Crippen LogP contribution in [0.1, 0.15) is 23.7 Å². The predicted octanol–water partition coefficient (Wildman–Crippen LogP) is 1.38. The average molecular weight is 281 g/mol. The summed E-state index contributed by atoms with van der Waals surface area (Å²) in [5.41, 5.74) is 0.588. The minimum absolute atomic E-state index is 0.0726. The van der Waals surface area contributed by atoms with Crippen LogP contribution in [-0.2, 0) is 0 Å². The molecule has 0 fully saturated rings. The fourth-order valence-corrected chi connectivity index (χ4v) is 1.73. The molecule has 0 spiro atoms. The van der Waals surface area contributed by atoms with Gasteiger partial charge < -0.3 is 15.7 Å². The Kier molecular flexibility index (Phi) is 5.92. The number of aliphatic hydroxyl groups excluding tert-OH is 1. The Morgan fingerprint density at radius 2 is 2.20 bits per heavy atom. The normalized spacial score (nSPS) is 11.8. The zero-order valence-corrected chi connectivity index (χ0v) is 11.5. The number of nitrogens with zero attached hydrogens (tertiary/aromatic N) is 1. The molecule has 1 aromatic rings. The van der Waals surface area contributed by atoms with Crippen molar-refractivity contribution in [1.29, 1.82) is 0 Å². The van der Waals surface area contributed by atoms with E-state index in [1.54, 1.807) is 0 Å². The summed E-state index contributed by atoms with van der Waals surface area (Å²) in [5, 5.41) is 25.2. The number of benzene rings is 1. The number of nitro benzene ring substituents is 1. The van der Waals surface area contributed by atoms with Crippen LogP contribution >= 0.6 is 0 Å². The first-order valence-electron chi connectivity index (χ1n) is 6.34. The van der Waals surface area contributed by atoms with Crippen LogP contribution in [0.15, 0.2) is 18.2 Å². The predicted molar refractivity (Wildman–Crippen MR) is 75.8 cm³/mol. The maximum atomic E-state index is 11.5. The first kappa shape index (κ1) is 15.9. The molecule has 0 radical (unpaired) electrons. The Balaban J connectivity index is 2.94. The molecule has 0 aromatic heterocycles. The van der Waals surface area contributed by atoms with Gasteiger partial charge in [0.05, 0.1) is 4.92 Å². The van der Waals surface area contributed by atoms with E-state index in [1.807, 2.05) is 6.92 Å². The van der Waals surface area contributed by atoms with E-state index < -0.39 is 4.92 Å². The standard InChI is InChI=1S/C13H19N3O4/c1-9(5-6-17)8-15-11-7-10(13(18)14-2)3-4-12(11)16(19)20/h3-4,7,9,15,17H,5-6,8H2,1-2H3,(H,14,18). The molecule has 0 saturated carbocycles. The van der Waals surface area contributed by atoms with Crippen molar-refractivity contribution in [3.8, 4) is 0 Å². The van der Waals surface area contributed by atoms with Gasteiger partial charge in [-0.1, -0.05) is 6.92 Å². The maximum Gasteiger partial charge on any atom is 0.292 e. The monoisotopic (exact) mass is 281 g/mol. The minimum atomic E-state index is -0.493. The molecule has 0 bridgehead atoms. The smallest absolute Gasteiger partial charge is 0.292 e. The lowest BCUT2D eigenvalue weighted by atomic mass is 10.1. The van der Waals surface area contributed by atoms with Gasteiger partial charge in [0.25, 0.3) is 11.6 Å². The van der Waals surface area contributed by atoms with Crippen molar-refractivity contribution in [2.24, 2.45) is 5.92 Å². The summed E-state index contributed by atoms with van der Waals surface area (Å²) in [7, 11) is 1.50. The molecule has 20 heavy (non-hydrogen) atoms. The van der Waals surface area contributed by atoms with Gasteiger partial charge in [-0.25, -0.2) is 0 Å². The van der Waals surface area contributed by atoms with E-state index in [0.717, 1.165) is 0 Å². The third kappa shape index (κ3) is 4.20. The van der Waals surface area contributed by atoms with Crippen molar-refractivity contribution in [2.45, 2.75) is 13.3 Å². The summed E-state index contributed by atoms with van der Waals surface area (Å²) in [6.07, 6.45) is 0.607. The highest BCUT2D eigenvalue weighted by Gasteiger charge is 2.16. The Morgan fingerprint density at radius 3 is 2.75 bits per heavy atom. The molecule has 3 N–H and O–H groups in total. The summed E-state index contributed by atoms with van der Waals surface area (Å²) in [4.78, 5) is 22.0. The molecule has 7 nitrogen and oxygen atoms in total. The highest BCUT2D eigenvalue weighted by molar-refractivity contribution is 5.95. The molecular formula is C13H19N3O4. The maximum absolute atomic E-state index is 11.5. The van der Waals surface area contributed by atoms with E-state index in [1.165, 1.54) is 25.2 Å². The Bertz CT molecular complexity index is 491. The number of rotatable bonds is 7. The molecule has 1 aromatic carbocycles. The van der Waals surface area contributed by atoms with Gasteiger partial charge in [-0.05, 0) is 24.5 Å². The highest BCUT2D eigenvalue weighted by atomic mass is 16.6. The fourth-order valence-electron chi connectivity index (χ4n) is 1.73. The van der Waals surface area contributed by atoms with Crippen LogP contribution in [0, 0.1) is 16.0 Å². The van der Waals surface area contributed by atoms with Gasteiger partial charge in [-0.3, -0.25) is 14.9 Å². The molecule has 1 rings (SSSR count). The SMILES string of the molecule is CNC(=O)c1ccc([N+](=O)[O-])c(NCC(C)CCO)c1. The van der Waals surface area contributed by atoms with Crippen molar-refractivity contribution in [3.05, 3.63) is 33.9 Å². The van der Waals surface area contributed by atoms with Crippen molar-refractivity contribution in [3.63, 3.8) is 0 Å². The Labute approximate surface area is 117 Å². The van der Waals surface area contributed by atoms with Crippen molar-refractivity contribution in [1.82, 2.24) is 5.32 Å². The molecule has 0 aliphatic heterocycles. The molecule has 0 saturated heterocycles.